The molecule has 2 aromatic carbocycles. The van der Waals surface area contributed by atoms with Crippen LogP contribution in [-0.4, -0.2) is 10.9 Å². The van der Waals surface area contributed by atoms with Gasteiger partial charge in [0.15, 0.2) is 0 Å². The number of nitrogens with zero attached hydrogens (tertiary/aromatic N) is 1. The molecule has 26 heavy (non-hydrogen) atoms. The van der Waals surface area contributed by atoms with Crippen molar-refractivity contribution in [1.29, 1.82) is 0 Å². The van der Waals surface area contributed by atoms with Gasteiger partial charge in [-0.1, -0.05) is 91.3 Å². The Morgan fingerprint density at radius 3 is 2.15 bits per heavy atom. The van der Waals surface area contributed by atoms with Crippen LogP contribution in [0.4, 0.5) is 5.00 Å². The maximum Gasteiger partial charge on any atom is 0.228 e. The Morgan fingerprint density at radius 1 is 0.885 bits per heavy atom. The van der Waals surface area contributed by atoms with Gasteiger partial charge in [-0.15, -0.1) is 0 Å². The summed E-state index contributed by atoms with van der Waals surface area (Å²) in [7, 11) is 0. The first-order chi connectivity index (χ1) is 12.8. The summed E-state index contributed by atoms with van der Waals surface area (Å²) in [5.74, 6) is 0.278. The van der Waals surface area contributed by atoms with E-state index < -0.39 is 0 Å². The zero-order valence-electron chi connectivity index (χ0n) is 14.7. The fourth-order valence-electron chi connectivity index (χ4n) is 3.48. The normalized spacial score (nSPS) is 14.9. The quantitative estimate of drug-likeness (QED) is 0.619. The second-order valence-corrected chi connectivity index (χ2v) is 7.75. The molecule has 4 heteroatoms. The van der Waals surface area contributed by atoms with E-state index in [-0.39, 0.29) is 11.8 Å². The Balaban J connectivity index is 1.67. The van der Waals surface area contributed by atoms with E-state index >= 15 is 0 Å². The van der Waals surface area contributed by atoms with Crippen LogP contribution < -0.4 is 5.32 Å². The molecule has 1 fully saturated rings. The van der Waals surface area contributed by atoms with Crippen LogP contribution in [0.3, 0.4) is 0 Å². The van der Waals surface area contributed by atoms with Gasteiger partial charge >= 0.3 is 0 Å². The largest absolute Gasteiger partial charge is 0.316 e. The zero-order chi connectivity index (χ0) is 17.8. The Bertz CT molecular complexity index is 868. The summed E-state index contributed by atoms with van der Waals surface area (Å²) in [6.07, 6.45) is 5.55. The highest BCUT2D eigenvalue weighted by molar-refractivity contribution is 7.19. The molecular formula is C22H22N2OS. The van der Waals surface area contributed by atoms with Gasteiger partial charge in [-0.3, -0.25) is 4.79 Å². The molecule has 1 aliphatic carbocycles. The molecule has 1 saturated carbocycles. The SMILES string of the molecule is O=C(Nc1sc(-c2ccccc2)nc1-c1ccccc1)C1CCCCC1. The van der Waals surface area contributed by atoms with Crippen molar-refractivity contribution in [3.63, 3.8) is 0 Å². The summed E-state index contributed by atoms with van der Waals surface area (Å²) in [5, 5.41) is 4.97. The van der Waals surface area contributed by atoms with Crippen LogP contribution in [0.1, 0.15) is 32.1 Å². The second kappa shape index (κ2) is 7.83. The third kappa shape index (κ3) is 3.70. The molecule has 3 nitrogen and oxygen atoms in total. The number of aromatic nitrogens is 1. The Morgan fingerprint density at radius 2 is 1.50 bits per heavy atom. The van der Waals surface area contributed by atoms with Gasteiger partial charge in [0.25, 0.3) is 0 Å². The Hall–Kier alpha value is -2.46. The van der Waals surface area contributed by atoms with Crippen molar-refractivity contribution in [2.45, 2.75) is 32.1 Å². The Kier molecular flexibility index (Phi) is 5.12. The lowest BCUT2D eigenvalue weighted by Crippen LogP contribution is -2.24. The molecule has 3 aromatic rings. The first-order valence-corrected chi connectivity index (χ1v) is 10.1. The Labute approximate surface area is 158 Å². The number of nitrogens with one attached hydrogen (secondary N) is 1. The van der Waals surface area contributed by atoms with Gasteiger partial charge < -0.3 is 5.32 Å². The van der Waals surface area contributed by atoms with Gasteiger partial charge in [-0.05, 0) is 12.8 Å². The molecular weight excluding hydrogens is 340 g/mol. The number of hydrogen-bond acceptors (Lipinski definition) is 3. The number of benzene rings is 2. The van der Waals surface area contributed by atoms with E-state index in [0.717, 1.165) is 52.5 Å². The van der Waals surface area contributed by atoms with Gasteiger partial charge in [0, 0.05) is 17.0 Å². The predicted molar refractivity (Wildman–Crippen MR) is 108 cm³/mol. The molecule has 1 amide bonds. The van der Waals surface area contributed by atoms with Gasteiger partial charge in [-0.25, -0.2) is 4.98 Å². The first kappa shape index (κ1) is 17.0. The van der Waals surface area contributed by atoms with Crippen LogP contribution in [0, 0.1) is 5.92 Å². The van der Waals surface area contributed by atoms with E-state index in [9.17, 15) is 4.79 Å². The van der Waals surface area contributed by atoms with Crippen LogP contribution in [0.15, 0.2) is 60.7 Å². The molecule has 132 valence electrons. The number of thiazole rings is 1. The molecule has 0 saturated heterocycles. The number of carbonyl (C=O) groups excluding carboxylic acids is 1. The summed E-state index contributed by atoms with van der Waals surface area (Å²) in [4.78, 5) is 17.6. The van der Waals surface area contributed by atoms with Crippen molar-refractivity contribution in [3.05, 3.63) is 60.7 Å². The summed E-state index contributed by atoms with van der Waals surface area (Å²) in [5.41, 5.74) is 2.97. The minimum absolute atomic E-state index is 0.134. The van der Waals surface area contributed by atoms with E-state index in [1.54, 1.807) is 11.3 Å². The van der Waals surface area contributed by atoms with Crippen LogP contribution in [0.2, 0.25) is 0 Å². The van der Waals surface area contributed by atoms with Crippen LogP contribution in [0.5, 0.6) is 0 Å². The second-order valence-electron chi connectivity index (χ2n) is 6.75. The minimum Gasteiger partial charge on any atom is -0.316 e. The highest BCUT2D eigenvalue weighted by Gasteiger charge is 2.23. The van der Waals surface area contributed by atoms with Crippen molar-refractivity contribution in [1.82, 2.24) is 4.98 Å². The highest BCUT2D eigenvalue weighted by Crippen LogP contribution is 2.38. The maximum atomic E-state index is 12.8. The third-order valence-corrected chi connectivity index (χ3v) is 5.93. The lowest BCUT2D eigenvalue weighted by molar-refractivity contribution is -0.120. The molecule has 0 aliphatic heterocycles. The summed E-state index contributed by atoms with van der Waals surface area (Å²) < 4.78 is 0. The molecule has 1 heterocycles. The molecule has 0 radical (unpaired) electrons. The molecule has 1 aromatic heterocycles. The van der Waals surface area contributed by atoms with E-state index in [1.807, 2.05) is 48.5 Å². The standard InChI is InChI=1S/C22H22N2OS/c25-20(17-12-6-2-7-13-17)24-22-19(16-10-4-1-5-11-16)23-21(26-22)18-14-8-3-9-15-18/h1,3-5,8-11,14-15,17H,2,6-7,12-13H2,(H,24,25). The lowest BCUT2D eigenvalue weighted by atomic mass is 9.89. The summed E-state index contributed by atoms with van der Waals surface area (Å²) >= 11 is 1.56. The van der Waals surface area contributed by atoms with Crippen LogP contribution in [-0.2, 0) is 4.79 Å². The average molecular weight is 362 g/mol. The number of carbonyl (C=O) groups is 1. The van der Waals surface area contributed by atoms with Crippen LogP contribution >= 0.6 is 11.3 Å². The molecule has 0 atom stereocenters. The molecule has 0 spiro atoms. The molecule has 0 unspecified atom stereocenters. The average Bonchev–Trinajstić information content (AvgIpc) is 3.14. The van der Waals surface area contributed by atoms with E-state index in [0.29, 0.717) is 0 Å². The number of rotatable bonds is 4. The van der Waals surface area contributed by atoms with Crippen molar-refractivity contribution in [3.8, 4) is 21.8 Å². The zero-order valence-corrected chi connectivity index (χ0v) is 15.5. The molecule has 4 rings (SSSR count). The van der Waals surface area contributed by atoms with E-state index in [2.05, 4.69) is 17.4 Å². The fourth-order valence-corrected chi connectivity index (χ4v) is 4.48. The summed E-state index contributed by atoms with van der Waals surface area (Å²) in [6.45, 7) is 0. The minimum atomic E-state index is 0.134. The highest BCUT2D eigenvalue weighted by atomic mass is 32.1. The van der Waals surface area contributed by atoms with Crippen molar-refractivity contribution in [2.75, 3.05) is 5.32 Å². The number of anilines is 1. The number of hydrogen-bond donors (Lipinski definition) is 1. The molecule has 1 N–H and O–H groups in total. The van der Waals surface area contributed by atoms with Crippen molar-refractivity contribution in [2.24, 2.45) is 5.92 Å². The lowest BCUT2D eigenvalue weighted by Gasteiger charge is -2.20. The topological polar surface area (TPSA) is 42.0 Å². The van der Waals surface area contributed by atoms with Crippen molar-refractivity contribution >= 4 is 22.2 Å². The van der Waals surface area contributed by atoms with Gasteiger partial charge in [0.2, 0.25) is 5.91 Å². The van der Waals surface area contributed by atoms with Gasteiger partial charge in [-0.2, -0.15) is 0 Å². The van der Waals surface area contributed by atoms with Gasteiger partial charge in [0.05, 0.1) is 0 Å². The first-order valence-electron chi connectivity index (χ1n) is 9.24. The van der Waals surface area contributed by atoms with E-state index in [4.69, 9.17) is 4.98 Å². The molecule has 1 aliphatic rings. The van der Waals surface area contributed by atoms with E-state index in [1.165, 1.54) is 6.42 Å². The maximum absolute atomic E-state index is 12.8. The fraction of sp³-hybridized carbons (Fsp3) is 0.273. The van der Waals surface area contributed by atoms with Gasteiger partial charge in [0.1, 0.15) is 15.7 Å². The predicted octanol–water partition coefficient (Wildman–Crippen LogP) is 6.00. The summed E-state index contributed by atoms with van der Waals surface area (Å²) in [6, 6.07) is 20.2. The van der Waals surface area contributed by atoms with Crippen molar-refractivity contribution < 1.29 is 4.79 Å². The van der Waals surface area contributed by atoms with Crippen LogP contribution in [0.25, 0.3) is 21.8 Å². The molecule has 0 bridgehead atoms. The third-order valence-electron chi connectivity index (χ3n) is 4.91. The monoisotopic (exact) mass is 362 g/mol. The smallest absolute Gasteiger partial charge is 0.228 e. The number of amides is 1.